The molecule has 1 aliphatic rings. The van der Waals surface area contributed by atoms with Gasteiger partial charge in [0.1, 0.15) is 17.8 Å². The topological polar surface area (TPSA) is 99.0 Å². The van der Waals surface area contributed by atoms with Crippen molar-refractivity contribution in [2.45, 2.75) is 38.8 Å². The summed E-state index contributed by atoms with van der Waals surface area (Å²) < 4.78 is 7.41. The number of anilines is 1. The van der Waals surface area contributed by atoms with Crippen molar-refractivity contribution in [1.29, 1.82) is 0 Å². The third kappa shape index (κ3) is 4.04. The summed E-state index contributed by atoms with van der Waals surface area (Å²) in [7, 11) is 0. The number of hydrogen-bond donors (Lipinski definition) is 2. The van der Waals surface area contributed by atoms with Crippen LogP contribution >= 0.6 is 12.4 Å². The Hall–Kier alpha value is -2.64. The molecule has 2 aromatic heterocycles. The van der Waals surface area contributed by atoms with Crippen LogP contribution in [0.5, 0.6) is 0 Å². The highest BCUT2D eigenvalue weighted by atomic mass is 35.5. The maximum atomic E-state index is 12.4. The van der Waals surface area contributed by atoms with Gasteiger partial charge in [-0.2, -0.15) is 0 Å². The number of furan rings is 1. The number of aryl methyl sites for hydroxylation is 1. The Balaban J connectivity index is 0.00000210. The number of benzene rings is 1. The van der Waals surface area contributed by atoms with E-state index in [1.807, 2.05) is 24.3 Å². The number of amides is 1. The highest BCUT2D eigenvalue weighted by molar-refractivity contribution is 6.04. The number of rotatable bonds is 4. The Bertz CT molecular complexity index is 934. The average molecular weight is 388 g/mol. The van der Waals surface area contributed by atoms with Crippen LogP contribution < -0.4 is 11.1 Å². The predicted molar refractivity (Wildman–Crippen MR) is 105 cm³/mol. The Morgan fingerprint density at radius 3 is 2.93 bits per heavy atom. The van der Waals surface area contributed by atoms with Gasteiger partial charge in [0, 0.05) is 24.2 Å². The number of halogens is 1. The quantitative estimate of drug-likeness (QED) is 0.714. The molecule has 1 amide bonds. The van der Waals surface area contributed by atoms with E-state index in [4.69, 9.17) is 10.2 Å². The molecule has 142 valence electrons. The number of nitrogens with zero attached hydrogens (tertiary/aromatic N) is 3. The van der Waals surface area contributed by atoms with Gasteiger partial charge in [0.2, 0.25) is 0 Å². The first-order valence-corrected chi connectivity index (χ1v) is 8.86. The van der Waals surface area contributed by atoms with Crippen LogP contribution in [-0.4, -0.2) is 20.7 Å². The normalized spacial score (nSPS) is 13.4. The molecule has 1 aliphatic heterocycles. The summed E-state index contributed by atoms with van der Waals surface area (Å²) in [5.41, 5.74) is 7.61. The van der Waals surface area contributed by atoms with Gasteiger partial charge in [-0.3, -0.25) is 4.79 Å². The lowest BCUT2D eigenvalue weighted by atomic mass is 10.1. The second kappa shape index (κ2) is 8.37. The summed E-state index contributed by atoms with van der Waals surface area (Å²) in [4.78, 5) is 12.4. The van der Waals surface area contributed by atoms with Gasteiger partial charge in [-0.15, -0.1) is 22.6 Å². The molecule has 0 unspecified atom stereocenters. The first kappa shape index (κ1) is 19.1. The number of fused-ring (bicyclic) bond motifs is 1. The third-order valence-electron chi connectivity index (χ3n) is 4.61. The molecule has 0 saturated carbocycles. The van der Waals surface area contributed by atoms with Crippen LogP contribution in [0.15, 0.2) is 41.0 Å². The number of carbonyl (C=O) groups excluding carboxylic acids is 1. The molecular weight excluding hydrogens is 366 g/mol. The summed E-state index contributed by atoms with van der Waals surface area (Å²) in [6.45, 7) is 1.20. The molecule has 0 atom stereocenters. The Labute approximate surface area is 163 Å². The maximum Gasteiger partial charge on any atom is 0.258 e. The van der Waals surface area contributed by atoms with E-state index in [0.717, 1.165) is 43.0 Å². The molecule has 0 bridgehead atoms. The van der Waals surface area contributed by atoms with E-state index in [-0.39, 0.29) is 24.9 Å². The second-order valence-corrected chi connectivity index (χ2v) is 6.44. The SMILES string of the molecule is Cl.NCc1cc(C(=O)Nc2cccc(-c3nnc4n3CCCCC4)c2)co1. The van der Waals surface area contributed by atoms with E-state index in [1.165, 1.54) is 12.7 Å². The number of carbonyl (C=O) groups is 1. The van der Waals surface area contributed by atoms with Crippen LogP contribution in [0.2, 0.25) is 0 Å². The molecule has 4 rings (SSSR count). The van der Waals surface area contributed by atoms with E-state index in [9.17, 15) is 4.79 Å². The van der Waals surface area contributed by atoms with E-state index >= 15 is 0 Å². The van der Waals surface area contributed by atoms with Crippen molar-refractivity contribution in [3.8, 4) is 11.4 Å². The largest absolute Gasteiger partial charge is 0.467 e. The Morgan fingerprint density at radius 2 is 2.11 bits per heavy atom. The fourth-order valence-corrected chi connectivity index (χ4v) is 3.24. The van der Waals surface area contributed by atoms with Crippen LogP contribution in [0.25, 0.3) is 11.4 Å². The molecule has 0 aliphatic carbocycles. The number of nitrogens with one attached hydrogen (secondary N) is 1. The molecule has 1 aromatic carbocycles. The minimum absolute atomic E-state index is 0. The van der Waals surface area contributed by atoms with Crippen LogP contribution in [0.4, 0.5) is 5.69 Å². The van der Waals surface area contributed by atoms with Crippen molar-refractivity contribution >= 4 is 24.0 Å². The van der Waals surface area contributed by atoms with Crippen LogP contribution in [0, 0.1) is 0 Å². The lowest BCUT2D eigenvalue weighted by Gasteiger charge is -2.09. The average Bonchev–Trinajstić information content (AvgIpc) is 3.24. The monoisotopic (exact) mass is 387 g/mol. The van der Waals surface area contributed by atoms with Gasteiger partial charge in [-0.1, -0.05) is 18.6 Å². The zero-order valence-electron chi connectivity index (χ0n) is 14.9. The minimum Gasteiger partial charge on any atom is -0.467 e. The van der Waals surface area contributed by atoms with Crippen molar-refractivity contribution in [1.82, 2.24) is 14.8 Å². The summed E-state index contributed by atoms with van der Waals surface area (Å²) in [6, 6.07) is 9.32. The van der Waals surface area contributed by atoms with Gasteiger partial charge in [-0.25, -0.2) is 0 Å². The van der Waals surface area contributed by atoms with E-state index in [0.29, 0.717) is 17.0 Å². The number of nitrogens with two attached hydrogens (primary N) is 1. The summed E-state index contributed by atoms with van der Waals surface area (Å²) in [5, 5.41) is 11.6. The van der Waals surface area contributed by atoms with Gasteiger partial charge in [0.15, 0.2) is 5.82 Å². The van der Waals surface area contributed by atoms with Crippen LogP contribution in [0.1, 0.15) is 41.2 Å². The van der Waals surface area contributed by atoms with Crippen LogP contribution in [0.3, 0.4) is 0 Å². The number of aromatic nitrogens is 3. The molecular formula is C19H22ClN5O2. The zero-order chi connectivity index (χ0) is 17.9. The molecule has 3 heterocycles. The lowest BCUT2D eigenvalue weighted by Crippen LogP contribution is -2.11. The van der Waals surface area contributed by atoms with E-state index in [2.05, 4.69) is 20.1 Å². The minimum atomic E-state index is -0.231. The molecule has 8 heteroatoms. The molecule has 3 N–H and O–H groups in total. The van der Waals surface area contributed by atoms with Gasteiger partial charge >= 0.3 is 0 Å². The third-order valence-corrected chi connectivity index (χ3v) is 4.61. The van der Waals surface area contributed by atoms with Crippen molar-refractivity contribution in [2.24, 2.45) is 5.73 Å². The Morgan fingerprint density at radius 1 is 1.22 bits per heavy atom. The standard InChI is InChI=1S/C19H21N5O2.ClH/c20-11-16-10-14(12-26-16)19(25)21-15-6-4-5-13(9-15)18-23-22-17-7-2-1-3-8-24(17)18;/h4-6,9-10,12H,1-3,7-8,11,20H2,(H,21,25);1H. The molecule has 27 heavy (non-hydrogen) atoms. The molecule has 7 nitrogen and oxygen atoms in total. The van der Waals surface area contributed by atoms with Crippen molar-refractivity contribution < 1.29 is 9.21 Å². The van der Waals surface area contributed by atoms with Crippen molar-refractivity contribution in [3.63, 3.8) is 0 Å². The predicted octanol–water partition coefficient (Wildman–Crippen LogP) is 3.40. The van der Waals surface area contributed by atoms with E-state index < -0.39 is 0 Å². The zero-order valence-corrected chi connectivity index (χ0v) is 15.7. The maximum absolute atomic E-state index is 12.4. The fourth-order valence-electron chi connectivity index (χ4n) is 3.24. The molecule has 3 aromatic rings. The van der Waals surface area contributed by atoms with Gasteiger partial charge < -0.3 is 20.0 Å². The molecule has 0 spiro atoms. The molecule has 0 radical (unpaired) electrons. The van der Waals surface area contributed by atoms with Crippen molar-refractivity contribution in [3.05, 3.63) is 53.7 Å². The van der Waals surface area contributed by atoms with Crippen molar-refractivity contribution in [2.75, 3.05) is 5.32 Å². The van der Waals surface area contributed by atoms with E-state index in [1.54, 1.807) is 6.07 Å². The first-order chi connectivity index (χ1) is 12.7. The fraction of sp³-hybridized carbons (Fsp3) is 0.316. The van der Waals surface area contributed by atoms with Crippen LogP contribution in [-0.2, 0) is 19.5 Å². The Kier molecular flexibility index (Phi) is 5.93. The van der Waals surface area contributed by atoms with Gasteiger partial charge in [0.05, 0.1) is 12.1 Å². The summed E-state index contributed by atoms with van der Waals surface area (Å²) >= 11 is 0. The smallest absolute Gasteiger partial charge is 0.258 e. The first-order valence-electron chi connectivity index (χ1n) is 8.86. The second-order valence-electron chi connectivity index (χ2n) is 6.44. The molecule has 0 fully saturated rings. The molecule has 0 saturated heterocycles. The highest BCUT2D eigenvalue weighted by Crippen LogP contribution is 2.25. The lowest BCUT2D eigenvalue weighted by molar-refractivity contribution is 0.102. The summed E-state index contributed by atoms with van der Waals surface area (Å²) in [6.07, 6.45) is 5.89. The highest BCUT2D eigenvalue weighted by Gasteiger charge is 2.17. The van der Waals surface area contributed by atoms with Gasteiger partial charge in [0.25, 0.3) is 5.91 Å². The van der Waals surface area contributed by atoms with Gasteiger partial charge in [-0.05, 0) is 31.0 Å². The summed E-state index contributed by atoms with van der Waals surface area (Å²) in [5.74, 6) is 2.24. The number of hydrogen-bond acceptors (Lipinski definition) is 5.